The molecule has 2 aromatic carbocycles. The minimum Gasteiger partial charge on any atom is -0.452 e. The van der Waals surface area contributed by atoms with Gasteiger partial charge in [0.25, 0.3) is 5.91 Å². The molecule has 0 atom stereocenters. The average Bonchev–Trinajstić information content (AvgIpc) is 3.19. The van der Waals surface area contributed by atoms with Crippen molar-refractivity contribution in [1.82, 2.24) is 9.88 Å². The van der Waals surface area contributed by atoms with E-state index >= 15 is 0 Å². The molecule has 0 aliphatic rings. The molecule has 0 bridgehead atoms. The predicted molar refractivity (Wildman–Crippen MR) is 117 cm³/mol. The average molecular weight is 459 g/mol. The van der Waals surface area contributed by atoms with Crippen molar-refractivity contribution < 1.29 is 19.1 Å². The molecular weight excluding hydrogens is 440 g/mol. The van der Waals surface area contributed by atoms with Gasteiger partial charge < -0.3 is 20.4 Å². The fourth-order valence-corrected chi connectivity index (χ4v) is 3.56. The van der Waals surface area contributed by atoms with E-state index in [-0.39, 0.29) is 12.1 Å². The number of primary amides is 1. The lowest BCUT2D eigenvalue weighted by molar-refractivity contribution is -0.121. The number of nitrogens with zero attached hydrogens (tertiary/aromatic N) is 2. The molecule has 0 fully saturated rings. The summed E-state index contributed by atoms with van der Waals surface area (Å²) < 4.78 is 6.85. The van der Waals surface area contributed by atoms with Gasteiger partial charge in [0.2, 0.25) is 0 Å². The van der Waals surface area contributed by atoms with Gasteiger partial charge in [-0.3, -0.25) is 4.79 Å². The van der Waals surface area contributed by atoms with Crippen molar-refractivity contribution in [3.8, 4) is 0 Å². The van der Waals surface area contributed by atoms with Crippen molar-refractivity contribution in [3.05, 3.63) is 86.6 Å². The second-order valence-corrected chi connectivity index (χ2v) is 7.68. The van der Waals surface area contributed by atoms with Gasteiger partial charge in [-0.15, -0.1) is 11.3 Å². The summed E-state index contributed by atoms with van der Waals surface area (Å²) in [5, 5.41) is 4.89. The van der Waals surface area contributed by atoms with Crippen molar-refractivity contribution in [2.45, 2.75) is 13.1 Å². The predicted octanol–water partition coefficient (Wildman–Crippen LogP) is 2.70. The molecule has 0 saturated carbocycles. The van der Waals surface area contributed by atoms with Gasteiger partial charge in [0.15, 0.2) is 11.4 Å². The summed E-state index contributed by atoms with van der Waals surface area (Å²) in [5.74, 6) is -1.22. The third kappa shape index (κ3) is 6.53. The summed E-state index contributed by atoms with van der Waals surface area (Å²) in [6.07, 6.45) is 1.81. The normalized spacial score (nSPS) is 11.2. The molecule has 160 valence electrons. The fourth-order valence-electron chi connectivity index (χ4n) is 2.61. The first-order chi connectivity index (χ1) is 14.9. The van der Waals surface area contributed by atoms with Gasteiger partial charge in [0.05, 0.1) is 12.1 Å². The second kappa shape index (κ2) is 10.6. The minimum absolute atomic E-state index is 0.247. The van der Waals surface area contributed by atoms with Crippen molar-refractivity contribution in [2.75, 3.05) is 6.61 Å². The number of carbonyl (C=O) groups is 3. The van der Waals surface area contributed by atoms with Crippen LogP contribution in [-0.2, 0) is 22.6 Å². The Kier molecular flexibility index (Phi) is 7.58. The molecule has 3 amide bonds. The molecule has 0 aliphatic carbocycles. The lowest BCUT2D eigenvalue weighted by Crippen LogP contribution is -2.28. The highest BCUT2D eigenvalue weighted by Crippen LogP contribution is 2.15. The molecular formula is C21H19ClN4O4S. The van der Waals surface area contributed by atoms with Crippen LogP contribution in [0.15, 0.2) is 65.1 Å². The summed E-state index contributed by atoms with van der Waals surface area (Å²) in [6, 6.07) is 13.2. The van der Waals surface area contributed by atoms with E-state index in [9.17, 15) is 14.4 Å². The molecule has 1 heterocycles. The number of thiazole rings is 1. The number of benzene rings is 2. The van der Waals surface area contributed by atoms with Gasteiger partial charge in [0.1, 0.15) is 0 Å². The van der Waals surface area contributed by atoms with E-state index in [4.69, 9.17) is 22.1 Å². The van der Waals surface area contributed by atoms with Crippen LogP contribution in [0.3, 0.4) is 0 Å². The summed E-state index contributed by atoms with van der Waals surface area (Å²) in [6.45, 7) is 0.233. The first-order valence-corrected chi connectivity index (χ1v) is 10.4. The quantitative estimate of drug-likeness (QED) is 0.529. The maximum Gasteiger partial charge on any atom is 0.338 e. The van der Waals surface area contributed by atoms with Crippen LogP contribution < -0.4 is 15.9 Å². The molecule has 10 heteroatoms. The molecule has 3 aromatic rings. The first kappa shape index (κ1) is 22.3. The number of nitrogens with one attached hydrogen (secondary N) is 1. The van der Waals surface area contributed by atoms with Crippen LogP contribution in [0, 0.1) is 0 Å². The zero-order chi connectivity index (χ0) is 22.2. The van der Waals surface area contributed by atoms with E-state index in [2.05, 4.69) is 10.3 Å². The van der Waals surface area contributed by atoms with Gasteiger partial charge in [0, 0.05) is 23.1 Å². The van der Waals surface area contributed by atoms with Gasteiger partial charge in [-0.05, 0) is 29.3 Å². The zero-order valence-electron chi connectivity index (χ0n) is 16.3. The summed E-state index contributed by atoms with van der Waals surface area (Å²) >= 11 is 7.49. The molecule has 3 N–H and O–H groups in total. The summed E-state index contributed by atoms with van der Waals surface area (Å²) in [4.78, 5) is 39.6. The topological polar surface area (TPSA) is 116 Å². The molecule has 0 unspecified atom stereocenters. The Morgan fingerprint density at radius 1 is 1.13 bits per heavy atom. The lowest BCUT2D eigenvalue weighted by Gasteiger charge is -2.06. The number of hydrogen-bond acceptors (Lipinski definition) is 5. The maximum atomic E-state index is 12.2. The van der Waals surface area contributed by atoms with E-state index in [0.29, 0.717) is 16.4 Å². The number of halogens is 1. The lowest BCUT2D eigenvalue weighted by atomic mass is 10.1. The van der Waals surface area contributed by atoms with E-state index < -0.39 is 24.5 Å². The number of nitrogens with two attached hydrogens (primary N) is 1. The molecule has 31 heavy (non-hydrogen) atoms. The number of amides is 3. The van der Waals surface area contributed by atoms with Crippen LogP contribution in [0.4, 0.5) is 4.79 Å². The number of aromatic nitrogens is 1. The first-order valence-electron chi connectivity index (χ1n) is 9.16. The highest BCUT2D eigenvalue weighted by Gasteiger charge is 2.11. The highest BCUT2D eigenvalue weighted by molar-refractivity contribution is 7.07. The molecule has 8 nitrogen and oxygen atoms in total. The second-order valence-electron chi connectivity index (χ2n) is 6.40. The van der Waals surface area contributed by atoms with Gasteiger partial charge in [-0.25, -0.2) is 9.59 Å². The van der Waals surface area contributed by atoms with Gasteiger partial charge in [-0.2, -0.15) is 4.99 Å². The van der Waals surface area contributed by atoms with Crippen LogP contribution in [0.1, 0.15) is 21.5 Å². The maximum absolute atomic E-state index is 12.2. The van der Waals surface area contributed by atoms with Gasteiger partial charge >= 0.3 is 12.0 Å². The van der Waals surface area contributed by atoms with Crippen LogP contribution in [0.25, 0.3) is 0 Å². The Hall–Kier alpha value is -3.43. The highest BCUT2D eigenvalue weighted by atomic mass is 35.5. The number of esters is 1. The largest absolute Gasteiger partial charge is 0.452 e. The Bertz CT molecular complexity index is 1150. The molecule has 0 spiro atoms. The van der Waals surface area contributed by atoms with Crippen LogP contribution in [0.5, 0.6) is 0 Å². The number of carbonyl (C=O) groups excluding carboxylic acids is 3. The third-order valence-corrected chi connectivity index (χ3v) is 5.33. The van der Waals surface area contributed by atoms with E-state index in [0.717, 1.165) is 11.1 Å². The summed E-state index contributed by atoms with van der Waals surface area (Å²) in [7, 11) is 0. The number of urea groups is 1. The Morgan fingerprint density at radius 3 is 2.58 bits per heavy atom. The standard InChI is InChI=1S/C21H19ClN4O4S/c22-17-4-2-1-3-16(17)12-26-9-10-31-21(26)25-18(27)13-30-19(28)15-7-5-14(6-8-15)11-24-20(23)29/h1-10H,11-13H2,(H3,23,24,29). The van der Waals surface area contributed by atoms with Crippen molar-refractivity contribution in [3.63, 3.8) is 0 Å². The fraction of sp³-hybridized carbons (Fsp3) is 0.143. The van der Waals surface area contributed by atoms with Crippen molar-refractivity contribution >= 4 is 40.8 Å². The third-order valence-electron chi connectivity index (χ3n) is 4.16. The van der Waals surface area contributed by atoms with Crippen LogP contribution in [0.2, 0.25) is 5.02 Å². The van der Waals surface area contributed by atoms with Crippen molar-refractivity contribution in [1.29, 1.82) is 0 Å². The SMILES string of the molecule is NC(=O)NCc1ccc(C(=O)OCC(=O)N=c2sccn2Cc2ccccc2Cl)cc1. The van der Waals surface area contributed by atoms with E-state index in [1.807, 2.05) is 23.6 Å². The van der Waals surface area contributed by atoms with Crippen LogP contribution in [-0.4, -0.2) is 29.1 Å². The van der Waals surface area contributed by atoms with E-state index in [1.165, 1.54) is 11.3 Å². The number of rotatable bonds is 7. The smallest absolute Gasteiger partial charge is 0.338 e. The van der Waals surface area contributed by atoms with Crippen molar-refractivity contribution in [2.24, 2.45) is 10.7 Å². The zero-order valence-corrected chi connectivity index (χ0v) is 17.9. The number of hydrogen-bond donors (Lipinski definition) is 2. The Morgan fingerprint density at radius 2 is 1.87 bits per heavy atom. The molecule has 0 radical (unpaired) electrons. The Balaban J connectivity index is 1.58. The summed E-state index contributed by atoms with van der Waals surface area (Å²) in [5.41, 5.74) is 6.96. The Labute approximate surface area is 186 Å². The number of ether oxygens (including phenoxy) is 1. The van der Waals surface area contributed by atoms with Gasteiger partial charge in [-0.1, -0.05) is 41.9 Å². The molecule has 0 saturated heterocycles. The minimum atomic E-state index is -0.645. The molecule has 0 aliphatic heterocycles. The monoisotopic (exact) mass is 458 g/mol. The van der Waals surface area contributed by atoms with Crippen LogP contribution >= 0.6 is 22.9 Å². The van der Waals surface area contributed by atoms with E-state index in [1.54, 1.807) is 41.1 Å². The molecule has 3 rings (SSSR count). The molecule has 1 aromatic heterocycles.